The third-order valence-electron chi connectivity index (χ3n) is 2.95. The first kappa shape index (κ1) is 16.7. The Hall–Kier alpha value is -0.320. The molecule has 0 radical (unpaired) electrons. The van der Waals surface area contributed by atoms with Crippen molar-refractivity contribution in [2.75, 3.05) is 19.7 Å². The van der Waals surface area contributed by atoms with Crippen molar-refractivity contribution in [3.63, 3.8) is 0 Å². The maximum atomic E-state index is 11.6. The van der Waals surface area contributed by atoms with Crippen LogP contribution in [-0.4, -0.2) is 37.7 Å². The molecule has 102 valence electrons. The lowest BCUT2D eigenvalue weighted by Crippen LogP contribution is -2.50. The maximum Gasteiger partial charge on any atom is 0.222 e. The minimum Gasteiger partial charge on any atom is -0.378 e. The molecule has 1 rings (SSSR count). The lowest BCUT2D eigenvalue weighted by atomic mass is 9.95. The van der Waals surface area contributed by atoms with Gasteiger partial charge >= 0.3 is 0 Å². The smallest absolute Gasteiger partial charge is 0.222 e. The van der Waals surface area contributed by atoms with Gasteiger partial charge < -0.3 is 15.4 Å². The summed E-state index contributed by atoms with van der Waals surface area (Å²) in [6, 6.07) is 0.278. The Labute approximate surface area is 110 Å². The third kappa shape index (κ3) is 6.86. The summed E-state index contributed by atoms with van der Waals surface area (Å²) in [6.07, 6.45) is 1.79. The lowest BCUT2D eigenvalue weighted by molar-refractivity contribution is -0.123. The van der Waals surface area contributed by atoms with E-state index in [0.29, 0.717) is 18.9 Å². The molecule has 1 aliphatic heterocycles. The highest BCUT2D eigenvalue weighted by Gasteiger charge is 2.22. The summed E-state index contributed by atoms with van der Waals surface area (Å²) in [5, 5.41) is 6.36. The first-order chi connectivity index (χ1) is 7.59. The van der Waals surface area contributed by atoms with Gasteiger partial charge in [-0.3, -0.25) is 4.79 Å². The number of hydrogen-bond acceptors (Lipinski definition) is 3. The quantitative estimate of drug-likeness (QED) is 0.788. The SMILES string of the molecule is CC(C)OCCC(=O)NC1CNCCC1C.Cl. The second-order valence-electron chi connectivity index (χ2n) is 4.81. The highest BCUT2D eigenvalue weighted by atomic mass is 35.5. The van der Waals surface area contributed by atoms with Crippen LogP contribution in [0.3, 0.4) is 0 Å². The van der Waals surface area contributed by atoms with Crippen molar-refractivity contribution in [3.8, 4) is 0 Å². The van der Waals surface area contributed by atoms with Gasteiger partial charge in [-0.05, 0) is 32.7 Å². The minimum absolute atomic E-state index is 0. The van der Waals surface area contributed by atoms with E-state index in [2.05, 4.69) is 17.6 Å². The fourth-order valence-corrected chi connectivity index (χ4v) is 1.85. The van der Waals surface area contributed by atoms with E-state index in [0.717, 1.165) is 19.5 Å². The first-order valence-corrected chi connectivity index (χ1v) is 6.21. The number of rotatable bonds is 5. The van der Waals surface area contributed by atoms with Crippen LogP contribution in [0.2, 0.25) is 0 Å². The number of piperidine rings is 1. The standard InChI is InChI=1S/C12H24N2O2.ClH/c1-9(2)16-7-5-12(15)14-11-8-13-6-4-10(11)3;/h9-11,13H,4-8H2,1-3H3,(H,14,15);1H. The summed E-state index contributed by atoms with van der Waals surface area (Å²) < 4.78 is 5.35. The molecule has 1 fully saturated rings. The van der Waals surface area contributed by atoms with Gasteiger partial charge in [0.15, 0.2) is 0 Å². The largest absolute Gasteiger partial charge is 0.378 e. The second kappa shape index (κ2) is 8.72. The highest BCUT2D eigenvalue weighted by Crippen LogP contribution is 2.11. The summed E-state index contributed by atoms with van der Waals surface area (Å²) in [5.74, 6) is 0.664. The summed E-state index contributed by atoms with van der Waals surface area (Å²) in [6.45, 7) is 8.60. The molecule has 1 aliphatic rings. The average molecular weight is 265 g/mol. The topological polar surface area (TPSA) is 50.4 Å². The van der Waals surface area contributed by atoms with E-state index in [1.54, 1.807) is 0 Å². The number of hydrogen-bond donors (Lipinski definition) is 2. The van der Waals surface area contributed by atoms with Crippen molar-refractivity contribution in [1.82, 2.24) is 10.6 Å². The van der Waals surface area contributed by atoms with Crippen LogP contribution in [0.5, 0.6) is 0 Å². The van der Waals surface area contributed by atoms with E-state index >= 15 is 0 Å². The van der Waals surface area contributed by atoms with Crippen molar-refractivity contribution < 1.29 is 9.53 Å². The molecule has 0 aromatic carbocycles. The molecule has 1 amide bonds. The molecule has 2 N–H and O–H groups in total. The fraction of sp³-hybridized carbons (Fsp3) is 0.917. The van der Waals surface area contributed by atoms with Gasteiger partial charge in [0.2, 0.25) is 5.91 Å². The summed E-state index contributed by atoms with van der Waals surface area (Å²) in [7, 11) is 0. The average Bonchev–Trinajstić information content (AvgIpc) is 2.21. The maximum absolute atomic E-state index is 11.6. The summed E-state index contributed by atoms with van der Waals surface area (Å²) in [4.78, 5) is 11.6. The van der Waals surface area contributed by atoms with Crippen LogP contribution >= 0.6 is 12.4 Å². The Morgan fingerprint density at radius 1 is 1.53 bits per heavy atom. The van der Waals surface area contributed by atoms with E-state index in [-0.39, 0.29) is 30.5 Å². The van der Waals surface area contributed by atoms with Crippen LogP contribution in [0.4, 0.5) is 0 Å². The Morgan fingerprint density at radius 2 is 2.24 bits per heavy atom. The van der Waals surface area contributed by atoms with Crippen molar-refractivity contribution in [3.05, 3.63) is 0 Å². The molecule has 1 saturated heterocycles. The summed E-state index contributed by atoms with van der Waals surface area (Å²) >= 11 is 0. The second-order valence-corrected chi connectivity index (χ2v) is 4.81. The zero-order valence-corrected chi connectivity index (χ0v) is 11.8. The number of amides is 1. The van der Waals surface area contributed by atoms with E-state index in [9.17, 15) is 4.79 Å². The molecule has 17 heavy (non-hydrogen) atoms. The van der Waals surface area contributed by atoms with Gasteiger partial charge in [-0.15, -0.1) is 12.4 Å². The predicted molar refractivity (Wildman–Crippen MR) is 71.5 cm³/mol. The van der Waals surface area contributed by atoms with Crippen LogP contribution in [-0.2, 0) is 9.53 Å². The molecule has 2 atom stereocenters. The molecule has 1 heterocycles. The van der Waals surface area contributed by atoms with Gasteiger partial charge in [0.05, 0.1) is 12.7 Å². The van der Waals surface area contributed by atoms with Crippen LogP contribution < -0.4 is 10.6 Å². The number of halogens is 1. The lowest BCUT2D eigenvalue weighted by Gasteiger charge is -2.30. The Balaban J connectivity index is 0.00000256. The fourth-order valence-electron chi connectivity index (χ4n) is 1.85. The third-order valence-corrected chi connectivity index (χ3v) is 2.95. The molecule has 5 heteroatoms. The number of carbonyl (C=O) groups excluding carboxylic acids is 1. The van der Waals surface area contributed by atoms with Gasteiger partial charge in [0.1, 0.15) is 0 Å². The Morgan fingerprint density at radius 3 is 2.82 bits per heavy atom. The van der Waals surface area contributed by atoms with Crippen molar-refractivity contribution in [2.24, 2.45) is 5.92 Å². The van der Waals surface area contributed by atoms with Crippen molar-refractivity contribution in [2.45, 2.75) is 45.8 Å². The molecule has 0 spiro atoms. The molecular weight excluding hydrogens is 240 g/mol. The van der Waals surface area contributed by atoms with Crippen molar-refractivity contribution in [1.29, 1.82) is 0 Å². The minimum atomic E-state index is 0. The van der Waals surface area contributed by atoms with E-state index in [4.69, 9.17) is 4.74 Å². The van der Waals surface area contributed by atoms with Crippen LogP contribution in [0.25, 0.3) is 0 Å². The Bertz CT molecular complexity index is 225. The zero-order valence-electron chi connectivity index (χ0n) is 11.0. The molecule has 0 bridgehead atoms. The first-order valence-electron chi connectivity index (χ1n) is 6.21. The molecule has 0 aromatic heterocycles. The van der Waals surface area contributed by atoms with Gasteiger partial charge in [-0.1, -0.05) is 6.92 Å². The molecule has 0 saturated carbocycles. The van der Waals surface area contributed by atoms with Crippen molar-refractivity contribution >= 4 is 18.3 Å². The van der Waals surface area contributed by atoms with Crippen LogP contribution in [0, 0.1) is 5.92 Å². The van der Waals surface area contributed by atoms with Gasteiger partial charge in [-0.25, -0.2) is 0 Å². The van der Waals surface area contributed by atoms with Gasteiger partial charge in [-0.2, -0.15) is 0 Å². The van der Waals surface area contributed by atoms with Crippen LogP contribution in [0.15, 0.2) is 0 Å². The molecule has 2 unspecified atom stereocenters. The number of ether oxygens (including phenoxy) is 1. The van der Waals surface area contributed by atoms with E-state index in [1.807, 2.05) is 13.8 Å². The number of carbonyl (C=O) groups is 1. The van der Waals surface area contributed by atoms with Gasteiger partial charge in [0.25, 0.3) is 0 Å². The van der Waals surface area contributed by atoms with E-state index in [1.165, 1.54) is 0 Å². The summed E-state index contributed by atoms with van der Waals surface area (Å²) in [5.41, 5.74) is 0. The zero-order chi connectivity index (χ0) is 12.0. The highest BCUT2D eigenvalue weighted by molar-refractivity contribution is 5.85. The normalized spacial score (nSPS) is 24.2. The molecular formula is C12H25ClN2O2. The molecule has 4 nitrogen and oxygen atoms in total. The Kier molecular flexibility index (Phi) is 8.56. The number of nitrogens with one attached hydrogen (secondary N) is 2. The van der Waals surface area contributed by atoms with Gasteiger partial charge in [0, 0.05) is 19.0 Å². The monoisotopic (exact) mass is 264 g/mol. The molecule has 0 aliphatic carbocycles. The van der Waals surface area contributed by atoms with Crippen LogP contribution in [0.1, 0.15) is 33.6 Å². The predicted octanol–water partition coefficient (Wildman–Crippen LogP) is 1.34. The molecule has 0 aromatic rings. The van der Waals surface area contributed by atoms with E-state index < -0.39 is 0 Å².